The lowest BCUT2D eigenvalue weighted by Crippen LogP contribution is -2.20. The molecule has 200 valence electrons. The molecule has 0 aliphatic heterocycles. The molecule has 0 aliphatic carbocycles. The lowest BCUT2D eigenvalue weighted by molar-refractivity contribution is -0.132. The molecular formula is C28H27N5O5S. The first kappa shape index (κ1) is 27.4. The zero-order chi connectivity index (χ0) is 27.8. The highest BCUT2D eigenvalue weighted by Crippen LogP contribution is 2.29. The van der Waals surface area contributed by atoms with Gasteiger partial charge in [0.05, 0.1) is 26.2 Å². The first-order chi connectivity index (χ1) is 18.9. The summed E-state index contributed by atoms with van der Waals surface area (Å²) in [5, 5.41) is 13.3. The Labute approximate surface area is 230 Å². The van der Waals surface area contributed by atoms with Crippen molar-refractivity contribution in [1.29, 1.82) is 0 Å². The van der Waals surface area contributed by atoms with Gasteiger partial charge in [0.1, 0.15) is 5.75 Å². The zero-order valence-corrected chi connectivity index (χ0v) is 22.7. The second-order valence-corrected chi connectivity index (χ2v) is 9.23. The molecule has 0 radical (unpaired) electrons. The highest BCUT2D eigenvalue weighted by Gasteiger charge is 2.17. The Hall–Kier alpha value is -4.64. The molecule has 3 aromatic carbocycles. The summed E-state index contributed by atoms with van der Waals surface area (Å²) >= 11 is 1.24. The molecule has 4 aromatic rings. The number of carbonyl (C=O) groups excluding carboxylic acids is 2. The fraction of sp³-hybridized carbons (Fsp3) is 0.179. The summed E-state index contributed by atoms with van der Waals surface area (Å²) in [5.74, 6) is 1.36. The van der Waals surface area contributed by atoms with Crippen LogP contribution in [0.2, 0.25) is 0 Å². The maximum absolute atomic E-state index is 12.5. The number of hydrogen-bond acceptors (Lipinski definition) is 9. The summed E-state index contributed by atoms with van der Waals surface area (Å²) in [5.41, 5.74) is 6.04. The van der Waals surface area contributed by atoms with Gasteiger partial charge in [0.15, 0.2) is 22.5 Å². The molecule has 39 heavy (non-hydrogen) atoms. The smallest absolute Gasteiger partial charge is 0.308 e. The van der Waals surface area contributed by atoms with Gasteiger partial charge < -0.3 is 14.2 Å². The van der Waals surface area contributed by atoms with E-state index in [0.717, 1.165) is 22.6 Å². The van der Waals surface area contributed by atoms with E-state index in [2.05, 4.69) is 20.7 Å². The van der Waals surface area contributed by atoms with Crippen molar-refractivity contribution in [3.63, 3.8) is 0 Å². The first-order valence-corrected chi connectivity index (χ1v) is 12.8. The number of amides is 1. The molecule has 0 saturated carbocycles. The molecule has 1 heterocycles. The Morgan fingerprint density at radius 3 is 2.38 bits per heavy atom. The Morgan fingerprint density at radius 2 is 1.72 bits per heavy atom. The van der Waals surface area contributed by atoms with Crippen LogP contribution in [0.4, 0.5) is 0 Å². The van der Waals surface area contributed by atoms with Crippen LogP contribution < -0.4 is 19.6 Å². The van der Waals surface area contributed by atoms with Crippen LogP contribution >= 0.6 is 11.8 Å². The van der Waals surface area contributed by atoms with Crippen molar-refractivity contribution in [1.82, 2.24) is 20.2 Å². The normalized spacial score (nSPS) is 10.9. The Bertz CT molecular complexity index is 1480. The summed E-state index contributed by atoms with van der Waals surface area (Å²) in [6.07, 6.45) is 1.47. The number of nitrogens with one attached hydrogen (secondary N) is 1. The van der Waals surface area contributed by atoms with Crippen LogP contribution in [0.1, 0.15) is 18.1 Å². The highest BCUT2D eigenvalue weighted by atomic mass is 32.2. The summed E-state index contributed by atoms with van der Waals surface area (Å²) in [7, 11) is 3.08. The van der Waals surface area contributed by atoms with Crippen molar-refractivity contribution >= 4 is 29.9 Å². The minimum Gasteiger partial charge on any atom is -0.497 e. The van der Waals surface area contributed by atoms with E-state index in [4.69, 9.17) is 14.2 Å². The van der Waals surface area contributed by atoms with E-state index in [9.17, 15) is 9.59 Å². The number of methoxy groups -OCH3 is 2. The van der Waals surface area contributed by atoms with Gasteiger partial charge in [-0.25, -0.2) is 5.43 Å². The molecule has 0 saturated heterocycles. The molecule has 0 aliphatic rings. The van der Waals surface area contributed by atoms with E-state index >= 15 is 0 Å². The van der Waals surface area contributed by atoms with Crippen LogP contribution in [0, 0.1) is 6.92 Å². The molecule has 11 heteroatoms. The van der Waals surface area contributed by atoms with Crippen LogP contribution in [0.3, 0.4) is 0 Å². The molecule has 4 rings (SSSR count). The number of thioether (sulfide) groups is 1. The van der Waals surface area contributed by atoms with Gasteiger partial charge in [-0.2, -0.15) is 5.10 Å². The van der Waals surface area contributed by atoms with E-state index in [1.54, 1.807) is 25.3 Å². The molecule has 0 atom stereocenters. The number of aryl methyl sites for hydroxylation is 1. The molecule has 0 unspecified atom stereocenters. The topological polar surface area (TPSA) is 117 Å². The number of nitrogens with zero attached hydrogens (tertiary/aromatic N) is 4. The van der Waals surface area contributed by atoms with Crippen molar-refractivity contribution in [2.45, 2.75) is 19.0 Å². The van der Waals surface area contributed by atoms with E-state index in [0.29, 0.717) is 28.0 Å². The number of rotatable bonds is 10. The van der Waals surface area contributed by atoms with Crippen molar-refractivity contribution in [3.8, 4) is 34.3 Å². The van der Waals surface area contributed by atoms with Crippen molar-refractivity contribution in [2.24, 2.45) is 5.10 Å². The second kappa shape index (κ2) is 12.7. The fourth-order valence-corrected chi connectivity index (χ4v) is 4.31. The molecule has 10 nitrogen and oxygen atoms in total. The summed E-state index contributed by atoms with van der Waals surface area (Å²) in [4.78, 5) is 23.8. The van der Waals surface area contributed by atoms with Gasteiger partial charge in [0.25, 0.3) is 5.91 Å². The lowest BCUT2D eigenvalue weighted by atomic mass is 10.1. The van der Waals surface area contributed by atoms with Crippen LogP contribution in [-0.4, -0.2) is 52.8 Å². The van der Waals surface area contributed by atoms with E-state index in [-0.39, 0.29) is 11.7 Å². The Morgan fingerprint density at radius 1 is 0.974 bits per heavy atom. The first-order valence-electron chi connectivity index (χ1n) is 11.9. The molecule has 1 amide bonds. The SMILES string of the molecule is COc1ccc(-n2c(SCC(=O)N/N=C/c3ccc(OC(C)=O)c(OC)c3)nnc2-c2ccc(C)cc2)cc1. The zero-order valence-electron chi connectivity index (χ0n) is 21.9. The van der Waals surface area contributed by atoms with E-state index in [1.165, 1.54) is 32.0 Å². The minimum absolute atomic E-state index is 0.0637. The Balaban J connectivity index is 1.47. The molecule has 0 spiro atoms. The largest absolute Gasteiger partial charge is 0.497 e. The van der Waals surface area contributed by atoms with E-state index < -0.39 is 5.97 Å². The molecule has 1 aromatic heterocycles. The van der Waals surface area contributed by atoms with Gasteiger partial charge in [-0.3, -0.25) is 14.2 Å². The number of hydrogen-bond donors (Lipinski definition) is 1. The Kier molecular flexibility index (Phi) is 8.95. The number of aromatic nitrogens is 3. The number of hydrazone groups is 1. The molecule has 0 bridgehead atoms. The maximum atomic E-state index is 12.5. The standard InChI is InChI=1S/C28H27N5O5S/c1-18-5-8-21(9-6-18)27-31-32-28(33(27)22-10-12-23(36-3)13-11-22)39-17-26(35)30-29-16-20-7-14-24(38-19(2)34)25(15-20)37-4/h5-16H,17H2,1-4H3,(H,30,35)/b29-16+. The minimum atomic E-state index is -0.451. The quantitative estimate of drug-likeness (QED) is 0.102. The third-order valence-electron chi connectivity index (χ3n) is 5.45. The number of ether oxygens (including phenoxy) is 3. The van der Waals surface area contributed by atoms with Gasteiger partial charge in [-0.15, -0.1) is 10.2 Å². The van der Waals surface area contributed by atoms with Gasteiger partial charge in [-0.05, 0) is 55.0 Å². The number of esters is 1. The molecule has 0 fully saturated rings. The summed E-state index contributed by atoms with van der Waals surface area (Å²) in [6, 6.07) is 20.5. The average molecular weight is 546 g/mol. The fourth-order valence-electron chi connectivity index (χ4n) is 3.56. The van der Waals surface area contributed by atoms with Gasteiger partial charge in [0, 0.05) is 18.2 Å². The average Bonchev–Trinajstić information content (AvgIpc) is 3.36. The second-order valence-electron chi connectivity index (χ2n) is 8.29. The van der Waals surface area contributed by atoms with Gasteiger partial charge >= 0.3 is 5.97 Å². The van der Waals surface area contributed by atoms with Crippen LogP contribution in [-0.2, 0) is 9.59 Å². The van der Waals surface area contributed by atoms with Crippen LogP contribution in [0.5, 0.6) is 17.2 Å². The monoisotopic (exact) mass is 545 g/mol. The van der Waals surface area contributed by atoms with Crippen molar-refractivity contribution in [2.75, 3.05) is 20.0 Å². The predicted octanol–water partition coefficient (Wildman–Crippen LogP) is 4.43. The molecular weight excluding hydrogens is 518 g/mol. The van der Waals surface area contributed by atoms with Gasteiger partial charge in [-0.1, -0.05) is 41.6 Å². The number of carbonyl (C=O) groups is 2. The lowest BCUT2D eigenvalue weighted by Gasteiger charge is -2.11. The van der Waals surface area contributed by atoms with Crippen LogP contribution in [0.15, 0.2) is 77.0 Å². The van der Waals surface area contributed by atoms with Crippen molar-refractivity contribution < 1.29 is 23.8 Å². The highest BCUT2D eigenvalue weighted by molar-refractivity contribution is 7.99. The van der Waals surface area contributed by atoms with E-state index in [1.807, 2.05) is 60.0 Å². The number of benzene rings is 3. The van der Waals surface area contributed by atoms with Crippen LogP contribution in [0.25, 0.3) is 17.1 Å². The summed E-state index contributed by atoms with van der Waals surface area (Å²) in [6.45, 7) is 3.33. The van der Waals surface area contributed by atoms with Gasteiger partial charge in [0.2, 0.25) is 0 Å². The third kappa shape index (κ3) is 7.02. The van der Waals surface area contributed by atoms with Crippen molar-refractivity contribution in [3.05, 3.63) is 77.9 Å². The predicted molar refractivity (Wildman–Crippen MR) is 149 cm³/mol. The molecule has 1 N–H and O–H groups in total. The summed E-state index contributed by atoms with van der Waals surface area (Å²) < 4.78 is 17.5. The maximum Gasteiger partial charge on any atom is 0.308 e. The third-order valence-corrected chi connectivity index (χ3v) is 6.38.